The number of benzene rings is 1. The maximum atomic E-state index is 13.5. The number of phenols is 1. The number of hydrogen-bond donors (Lipinski definition) is 1. The Morgan fingerprint density at radius 2 is 2.35 bits per heavy atom. The summed E-state index contributed by atoms with van der Waals surface area (Å²) in [6.07, 6.45) is 1.32. The van der Waals surface area contributed by atoms with Crippen LogP contribution in [0.15, 0.2) is 18.2 Å². The molecule has 2 rings (SSSR count). The van der Waals surface area contributed by atoms with E-state index in [0.29, 0.717) is 13.0 Å². The van der Waals surface area contributed by atoms with Crippen molar-refractivity contribution in [3.8, 4) is 11.8 Å². The molecule has 0 bridgehead atoms. The van der Waals surface area contributed by atoms with Gasteiger partial charge in [-0.15, -0.1) is 0 Å². The minimum atomic E-state index is -0.765. The molecule has 1 amide bonds. The fraction of sp³-hybridized carbons (Fsp3) is 0.333. The van der Waals surface area contributed by atoms with Gasteiger partial charge in [0.15, 0.2) is 0 Å². The van der Waals surface area contributed by atoms with Gasteiger partial charge in [0.05, 0.1) is 6.07 Å². The number of nitriles is 1. The molecular weight excluding hydrogens is 223 g/mol. The molecule has 88 valence electrons. The molecule has 0 spiro atoms. The van der Waals surface area contributed by atoms with Crippen molar-refractivity contribution < 1.29 is 14.3 Å². The number of phenolic OH excluding ortho intramolecular Hbond substituents is 1. The Morgan fingerprint density at radius 1 is 1.59 bits per heavy atom. The first-order chi connectivity index (χ1) is 8.15. The van der Waals surface area contributed by atoms with Crippen molar-refractivity contribution in [3.63, 3.8) is 0 Å². The Balaban J connectivity index is 2.35. The molecule has 1 aliphatic heterocycles. The Morgan fingerprint density at radius 3 is 3.00 bits per heavy atom. The smallest absolute Gasteiger partial charge is 0.261 e. The predicted molar refractivity (Wildman–Crippen MR) is 57.7 cm³/mol. The third-order valence-corrected chi connectivity index (χ3v) is 2.87. The highest BCUT2D eigenvalue weighted by atomic mass is 19.1. The highest BCUT2D eigenvalue weighted by Crippen LogP contribution is 2.25. The summed E-state index contributed by atoms with van der Waals surface area (Å²) in [5, 5.41) is 18.4. The first kappa shape index (κ1) is 11.4. The van der Waals surface area contributed by atoms with Gasteiger partial charge in [-0.3, -0.25) is 4.79 Å². The molecule has 1 aromatic rings. The molecular formula is C12H11FN2O2. The fourth-order valence-electron chi connectivity index (χ4n) is 2.01. The maximum absolute atomic E-state index is 13.5. The van der Waals surface area contributed by atoms with Gasteiger partial charge in [0.1, 0.15) is 23.2 Å². The summed E-state index contributed by atoms with van der Waals surface area (Å²) < 4.78 is 13.5. The highest BCUT2D eigenvalue weighted by molar-refractivity contribution is 5.97. The fourth-order valence-corrected chi connectivity index (χ4v) is 2.01. The largest absolute Gasteiger partial charge is 0.507 e. The number of carbonyl (C=O) groups excluding carboxylic acids is 1. The van der Waals surface area contributed by atoms with E-state index in [2.05, 4.69) is 0 Å². The van der Waals surface area contributed by atoms with Gasteiger partial charge in [0, 0.05) is 6.54 Å². The first-order valence-electron chi connectivity index (χ1n) is 5.33. The third kappa shape index (κ3) is 1.94. The van der Waals surface area contributed by atoms with Crippen molar-refractivity contribution >= 4 is 5.91 Å². The van der Waals surface area contributed by atoms with Crippen molar-refractivity contribution in [2.24, 2.45) is 0 Å². The van der Waals surface area contributed by atoms with Crippen molar-refractivity contribution in [1.82, 2.24) is 4.90 Å². The second-order valence-electron chi connectivity index (χ2n) is 3.92. The monoisotopic (exact) mass is 234 g/mol. The molecule has 1 atom stereocenters. The Hall–Kier alpha value is -2.09. The van der Waals surface area contributed by atoms with E-state index in [9.17, 15) is 14.3 Å². The third-order valence-electron chi connectivity index (χ3n) is 2.87. The number of nitrogens with zero attached hydrogens (tertiary/aromatic N) is 2. The number of carbonyl (C=O) groups is 1. The molecule has 1 fully saturated rings. The van der Waals surface area contributed by atoms with Crippen molar-refractivity contribution in [2.45, 2.75) is 18.9 Å². The van der Waals surface area contributed by atoms with Gasteiger partial charge in [-0.2, -0.15) is 5.26 Å². The van der Waals surface area contributed by atoms with Gasteiger partial charge in [-0.1, -0.05) is 6.07 Å². The van der Waals surface area contributed by atoms with Gasteiger partial charge in [0.25, 0.3) is 5.91 Å². The zero-order chi connectivity index (χ0) is 12.4. The van der Waals surface area contributed by atoms with Crippen LogP contribution >= 0.6 is 0 Å². The van der Waals surface area contributed by atoms with E-state index in [1.54, 1.807) is 0 Å². The summed E-state index contributed by atoms with van der Waals surface area (Å²) in [6.45, 7) is 0.421. The van der Waals surface area contributed by atoms with E-state index in [4.69, 9.17) is 5.26 Å². The summed E-state index contributed by atoms with van der Waals surface area (Å²) in [5.74, 6) is -1.78. The van der Waals surface area contributed by atoms with Crippen LogP contribution in [0.25, 0.3) is 0 Å². The number of aromatic hydroxyl groups is 1. The molecule has 0 aromatic heterocycles. The van der Waals surface area contributed by atoms with E-state index >= 15 is 0 Å². The van der Waals surface area contributed by atoms with Crippen LogP contribution in [-0.2, 0) is 0 Å². The molecule has 1 aromatic carbocycles. The Bertz CT molecular complexity index is 476. The molecule has 0 radical (unpaired) electrons. The molecule has 0 saturated carbocycles. The molecule has 17 heavy (non-hydrogen) atoms. The van der Waals surface area contributed by atoms with Crippen molar-refractivity contribution in [3.05, 3.63) is 29.6 Å². The van der Waals surface area contributed by atoms with Crippen LogP contribution < -0.4 is 0 Å². The summed E-state index contributed by atoms with van der Waals surface area (Å²) in [6, 6.07) is 5.18. The number of amides is 1. The van der Waals surface area contributed by atoms with Crippen LogP contribution in [0.2, 0.25) is 0 Å². The van der Waals surface area contributed by atoms with E-state index < -0.39 is 23.5 Å². The Labute approximate surface area is 97.9 Å². The number of likely N-dealkylation sites (tertiary alicyclic amines) is 1. The van der Waals surface area contributed by atoms with Crippen LogP contribution in [0.4, 0.5) is 4.39 Å². The molecule has 1 unspecified atom stereocenters. The van der Waals surface area contributed by atoms with Gasteiger partial charge < -0.3 is 10.0 Å². The lowest BCUT2D eigenvalue weighted by atomic mass is 10.1. The van der Waals surface area contributed by atoms with E-state index in [1.165, 1.54) is 17.0 Å². The van der Waals surface area contributed by atoms with Crippen LogP contribution in [-0.4, -0.2) is 28.5 Å². The second kappa shape index (κ2) is 4.42. The highest BCUT2D eigenvalue weighted by Gasteiger charge is 2.31. The topological polar surface area (TPSA) is 64.3 Å². The molecule has 1 saturated heterocycles. The van der Waals surface area contributed by atoms with Crippen molar-refractivity contribution in [2.75, 3.05) is 6.54 Å². The normalized spacial score (nSPS) is 19.1. The molecule has 0 aliphatic carbocycles. The van der Waals surface area contributed by atoms with Crippen LogP contribution in [0.5, 0.6) is 5.75 Å². The lowest BCUT2D eigenvalue weighted by Crippen LogP contribution is -2.35. The number of rotatable bonds is 1. The molecule has 4 nitrogen and oxygen atoms in total. The number of halogens is 1. The standard InChI is InChI=1S/C12H11FN2O2/c13-9-4-1-5-10(16)11(9)12(17)15-6-2-3-8(15)7-14/h1,4-5,8,16H,2-3,6H2. The van der Waals surface area contributed by atoms with E-state index in [0.717, 1.165) is 12.5 Å². The van der Waals surface area contributed by atoms with Crippen LogP contribution in [0.1, 0.15) is 23.2 Å². The lowest BCUT2D eigenvalue weighted by Gasteiger charge is -2.20. The van der Waals surface area contributed by atoms with E-state index in [-0.39, 0.29) is 5.56 Å². The maximum Gasteiger partial charge on any atom is 0.261 e. The van der Waals surface area contributed by atoms with Crippen LogP contribution in [0.3, 0.4) is 0 Å². The zero-order valence-corrected chi connectivity index (χ0v) is 9.06. The molecule has 5 heteroatoms. The van der Waals surface area contributed by atoms with Gasteiger partial charge in [-0.05, 0) is 25.0 Å². The number of hydrogen-bond acceptors (Lipinski definition) is 3. The summed E-state index contributed by atoms with van der Waals surface area (Å²) in [7, 11) is 0. The molecule has 1 N–H and O–H groups in total. The summed E-state index contributed by atoms with van der Waals surface area (Å²) in [5.41, 5.74) is -0.352. The minimum Gasteiger partial charge on any atom is -0.507 e. The minimum absolute atomic E-state index is 0.352. The molecule has 1 heterocycles. The average Bonchev–Trinajstić information content (AvgIpc) is 2.76. The van der Waals surface area contributed by atoms with E-state index in [1.807, 2.05) is 6.07 Å². The zero-order valence-electron chi connectivity index (χ0n) is 9.06. The first-order valence-corrected chi connectivity index (χ1v) is 5.33. The van der Waals surface area contributed by atoms with Gasteiger partial charge in [-0.25, -0.2) is 4.39 Å². The van der Waals surface area contributed by atoms with Crippen molar-refractivity contribution in [1.29, 1.82) is 5.26 Å². The van der Waals surface area contributed by atoms with Gasteiger partial charge >= 0.3 is 0 Å². The second-order valence-corrected chi connectivity index (χ2v) is 3.92. The lowest BCUT2D eigenvalue weighted by molar-refractivity contribution is 0.0757. The van der Waals surface area contributed by atoms with Gasteiger partial charge in [0.2, 0.25) is 0 Å². The predicted octanol–water partition coefficient (Wildman–Crippen LogP) is 1.66. The SMILES string of the molecule is N#CC1CCCN1C(=O)c1c(O)cccc1F. The average molecular weight is 234 g/mol. The Kier molecular flexibility index (Phi) is 2.96. The van der Waals surface area contributed by atoms with Crippen LogP contribution in [0, 0.1) is 17.1 Å². The molecule has 1 aliphatic rings. The summed E-state index contributed by atoms with van der Waals surface area (Å²) >= 11 is 0. The quantitative estimate of drug-likeness (QED) is 0.803. The summed E-state index contributed by atoms with van der Waals surface area (Å²) in [4.78, 5) is 13.3.